The zero-order valence-corrected chi connectivity index (χ0v) is 23.6. The van der Waals surface area contributed by atoms with E-state index in [1.807, 2.05) is 0 Å². The topological polar surface area (TPSA) is 77.4 Å². The van der Waals surface area contributed by atoms with Crippen LogP contribution in [0.3, 0.4) is 0 Å². The predicted molar refractivity (Wildman–Crippen MR) is 119 cm³/mol. The molecule has 2 atom stereocenters. The average Bonchev–Trinajstić information content (AvgIpc) is 2.64. The number of unbranched alkanes of at least 4 members (excludes halogenated alkanes) is 13. The van der Waals surface area contributed by atoms with Crippen LogP contribution in [0.2, 0.25) is 0 Å². The van der Waals surface area contributed by atoms with Gasteiger partial charge in [-0.05, 0) is 25.7 Å². The molecule has 6 heteroatoms. The standard InChI is InChI=1S/C23H48O4S.K/c1-3-5-6-7-8-10-13-16-19-22(24)20-17-14-11-9-12-15-18-21-23(4-2)28(25,26)27;/h22-24H,3-21H2,1-2H3,(H,25,26,27);/q;+1/p-1. The van der Waals surface area contributed by atoms with Crippen molar-refractivity contribution in [2.24, 2.45) is 0 Å². The average molecular weight is 459 g/mol. The molecule has 4 nitrogen and oxygen atoms in total. The summed E-state index contributed by atoms with van der Waals surface area (Å²) in [5, 5.41) is 9.36. The first-order valence-corrected chi connectivity index (χ1v) is 13.5. The molecule has 2 unspecified atom stereocenters. The van der Waals surface area contributed by atoms with Crippen molar-refractivity contribution < 1.29 is 69.5 Å². The van der Waals surface area contributed by atoms with Crippen molar-refractivity contribution in [2.75, 3.05) is 0 Å². The van der Waals surface area contributed by atoms with Gasteiger partial charge in [0.05, 0.1) is 16.2 Å². The molecule has 0 saturated carbocycles. The summed E-state index contributed by atoms with van der Waals surface area (Å²) in [6, 6.07) is 0. The summed E-state index contributed by atoms with van der Waals surface area (Å²) in [6.07, 6.45) is 20.7. The molecular weight excluding hydrogens is 411 g/mol. The Bertz CT molecular complexity index is 429. The summed E-state index contributed by atoms with van der Waals surface area (Å²) >= 11 is 0. The Kier molecular flexibility index (Phi) is 25.6. The molecule has 0 aromatic heterocycles. The van der Waals surface area contributed by atoms with Gasteiger partial charge < -0.3 is 9.66 Å². The monoisotopic (exact) mass is 458 g/mol. The molecule has 0 saturated heterocycles. The van der Waals surface area contributed by atoms with Crippen LogP contribution >= 0.6 is 0 Å². The van der Waals surface area contributed by atoms with Crippen molar-refractivity contribution in [3.05, 3.63) is 0 Å². The summed E-state index contributed by atoms with van der Waals surface area (Å²) in [5.74, 6) is 0. The van der Waals surface area contributed by atoms with E-state index in [4.69, 9.17) is 0 Å². The summed E-state index contributed by atoms with van der Waals surface area (Å²) < 4.78 is 33.1. The Labute approximate surface area is 224 Å². The van der Waals surface area contributed by atoms with Crippen molar-refractivity contribution in [3.8, 4) is 0 Å². The minimum absolute atomic E-state index is 0. The number of hydrogen-bond acceptors (Lipinski definition) is 4. The molecule has 29 heavy (non-hydrogen) atoms. The minimum Gasteiger partial charge on any atom is -0.748 e. The third-order valence-electron chi connectivity index (χ3n) is 5.82. The van der Waals surface area contributed by atoms with Gasteiger partial charge in [-0.1, -0.05) is 110 Å². The minimum atomic E-state index is -4.12. The summed E-state index contributed by atoms with van der Waals surface area (Å²) in [7, 11) is -4.12. The predicted octanol–water partition coefficient (Wildman–Crippen LogP) is 3.72. The molecule has 0 radical (unpaired) electrons. The Morgan fingerprint density at radius 1 is 0.655 bits per heavy atom. The van der Waals surface area contributed by atoms with Crippen LogP contribution in [0.25, 0.3) is 0 Å². The summed E-state index contributed by atoms with van der Waals surface area (Å²) in [6.45, 7) is 4.02. The zero-order chi connectivity index (χ0) is 21.1. The maximum absolute atomic E-state index is 11.0. The molecule has 170 valence electrons. The van der Waals surface area contributed by atoms with Crippen LogP contribution in [0.15, 0.2) is 0 Å². The van der Waals surface area contributed by atoms with E-state index in [1.54, 1.807) is 6.92 Å². The maximum atomic E-state index is 11.0. The van der Waals surface area contributed by atoms with Crippen molar-refractivity contribution in [1.82, 2.24) is 0 Å². The quantitative estimate of drug-likeness (QED) is 0.162. The SMILES string of the molecule is CCCCCCCCCCC(O)CCCCCCCCCC(CC)S(=O)(=O)[O-].[K+]. The van der Waals surface area contributed by atoms with Crippen molar-refractivity contribution in [3.63, 3.8) is 0 Å². The molecule has 0 bridgehead atoms. The third kappa shape index (κ3) is 22.5. The Morgan fingerprint density at radius 3 is 1.34 bits per heavy atom. The van der Waals surface area contributed by atoms with Gasteiger partial charge in [-0.2, -0.15) is 0 Å². The molecule has 0 aromatic carbocycles. The molecule has 0 aliphatic carbocycles. The van der Waals surface area contributed by atoms with E-state index in [1.165, 1.54) is 57.8 Å². The fraction of sp³-hybridized carbons (Fsp3) is 1.00. The van der Waals surface area contributed by atoms with Gasteiger partial charge in [-0.15, -0.1) is 0 Å². The van der Waals surface area contributed by atoms with E-state index in [-0.39, 0.29) is 57.5 Å². The Morgan fingerprint density at radius 2 is 1.00 bits per heavy atom. The molecule has 0 aliphatic rings. The number of aliphatic hydroxyl groups excluding tert-OH is 1. The maximum Gasteiger partial charge on any atom is 1.00 e. The van der Waals surface area contributed by atoms with E-state index >= 15 is 0 Å². The van der Waals surface area contributed by atoms with Gasteiger partial charge in [0.1, 0.15) is 0 Å². The smallest absolute Gasteiger partial charge is 0.748 e. The molecule has 0 amide bonds. The van der Waals surface area contributed by atoms with Gasteiger partial charge in [0.15, 0.2) is 0 Å². The second kappa shape index (κ2) is 22.7. The number of aliphatic hydroxyl groups is 1. The molecular formula is C23H47KO4S. The van der Waals surface area contributed by atoms with Crippen LogP contribution in [-0.4, -0.2) is 29.4 Å². The molecule has 0 rings (SSSR count). The van der Waals surface area contributed by atoms with Gasteiger partial charge in [0.2, 0.25) is 0 Å². The van der Waals surface area contributed by atoms with Gasteiger partial charge in [-0.25, -0.2) is 8.42 Å². The first kappa shape index (κ1) is 32.7. The van der Waals surface area contributed by atoms with Crippen LogP contribution in [0.5, 0.6) is 0 Å². The van der Waals surface area contributed by atoms with Crippen LogP contribution < -0.4 is 51.4 Å². The summed E-state index contributed by atoms with van der Waals surface area (Å²) in [5.41, 5.74) is 0. The fourth-order valence-electron chi connectivity index (χ4n) is 3.85. The second-order valence-electron chi connectivity index (χ2n) is 8.49. The van der Waals surface area contributed by atoms with Crippen molar-refractivity contribution in [2.45, 2.75) is 147 Å². The van der Waals surface area contributed by atoms with E-state index in [9.17, 15) is 18.1 Å². The van der Waals surface area contributed by atoms with Crippen molar-refractivity contribution >= 4 is 10.1 Å². The van der Waals surface area contributed by atoms with Gasteiger partial charge in [-0.3, -0.25) is 0 Å². The molecule has 0 aliphatic heterocycles. The Balaban J connectivity index is 0. The van der Waals surface area contributed by atoms with Gasteiger partial charge in [0, 0.05) is 5.25 Å². The van der Waals surface area contributed by atoms with E-state index < -0.39 is 15.4 Å². The van der Waals surface area contributed by atoms with Crippen LogP contribution in [0.4, 0.5) is 0 Å². The normalized spacial score (nSPS) is 13.8. The molecule has 1 N–H and O–H groups in total. The second-order valence-corrected chi connectivity index (χ2v) is 10.1. The first-order valence-electron chi connectivity index (χ1n) is 12.0. The van der Waals surface area contributed by atoms with Crippen LogP contribution in [-0.2, 0) is 10.1 Å². The van der Waals surface area contributed by atoms with E-state index in [0.29, 0.717) is 12.8 Å². The van der Waals surface area contributed by atoms with Gasteiger partial charge in [0.25, 0.3) is 0 Å². The summed E-state index contributed by atoms with van der Waals surface area (Å²) in [4.78, 5) is 0. The van der Waals surface area contributed by atoms with E-state index in [0.717, 1.165) is 51.4 Å². The van der Waals surface area contributed by atoms with Gasteiger partial charge >= 0.3 is 51.4 Å². The largest absolute Gasteiger partial charge is 1.00 e. The zero-order valence-electron chi connectivity index (χ0n) is 19.7. The number of rotatable bonds is 21. The van der Waals surface area contributed by atoms with Crippen LogP contribution in [0, 0.1) is 0 Å². The first-order chi connectivity index (χ1) is 13.4. The molecule has 0 heterocycles. The third-order valence-corrected chi connectivity index (χ3v) is 7.20. The molecule has 0 aromatic rings. The van der Waals surface area contributed by atoms with Crippen molar-refractivity contribution in [1.29, 1.82) is 0 Å². The van der Waals surface area contributed by atoms with Crippen LogP contribution in [0.1, 0.15) is 136 Å². The Hall–Kier alpha value is 1.51. The molecule has 0 fully saturated rings. The number of hydrogen-bond donors (Lipinski definition) is 1. The van der Waals surface area contributed by atoms with E-state index in [2.05, 4.69) is 6.92 Å². The fourth-order valence-corrected chi connectivity index (χ4v) is 4.71. The molecule has 0 spiro atoms.